The number of halogens is 1. The molecule has 0 saturated carbocycles. The molecule has 3 aromatic rings. The number of thioether (sulfide) groups is 1. The van der Waals surface area contributed by atoms with Gasteiger partial charge in [-0.05, 0) is 38.5 Å². The summed E-state index contributed by atoms with van der Waals surface area (Å²) in [5, 5.41) is 9.46. The van der Waals surface area contributed by atoms with Crippen molar-refractivity contribution < 1.29 is 9.15 Å². The number of nitrogens with zero attached hydrogens (tertiary/aromatic N) is 4. The van der Waals surface area contributed by atoms with Gasteiger partial charge in [0.15, 0.2) is 5.16 Å². The van der Waals surface area contributed by atoms with Crippen LogP contribution >= 0.6 is 23.4 Å². The number of aromatic nitrogens is 4. The van der Waals surface area contributed by atoms with E-state index in [1.165, 1.54) is 11.8 Å². The van der Waals surface area contributed by atoms with Crippen molar-refractivity contribution in [3.8, 4) is 0 Å². The van der Waals surface area contributed by atoms with Gasteiger partial charge in [-0.1, -0.05) is 23.4 Å². The van der Waals surface area contributed by atoms with E-state index < -0.39 is 0 Å². The fraction of sp³-hybridized carbons (Fsp3) is 0.444. The third-order valence-corrected chi connectivity index (χ3v) is 5.24. The molecular weight excluding hydrogens is 388 g/mol. The first kappa shape index (κ1) is 19.9. The first-order valence-corrected chi connectivity index (χ1v) is 10.00. The Morgan fingerprint density at radius 2 is 2.19 bits per heavy atom. The summed E-state index contributed by atoms with van der Waals surface area (Å²) in [5.41, 5.74) is 0.481. The van der Waals surface area contributed by atoms with Crippen molar-refractivity contribution in [2.75, 3.05) is 13.2 Å². The average Bonchev–Trinajstić information content (AvgIpc) is 3.07. The Morgan fingerprint density at radius 1 is 1.37 bits per heavy atom. The zero-order chi connectivity index (χ0) is 19.4. The van der Waals surface area contributed by atoms with Gasteiger partial charge in [0.05, 0.1) is 16.2 Å². The minimum atomic E-state index is -0.145. The smallest absolute Gasteiger partial charge is 0.262 e. The van der Waals surface area contributed by atoms with E-state index in [0.717, 1.165) is 6.42 Å². The summed E-state index contributed by atoms with van der Waals surface area (Å²) in [6.07, 6.45) is 0.718. The number of fused-ring (bicyclic) bond motifs is 1. The number of ether oxygens (including phenoxy) is 1. The van der Waals surface area contributed by atoms with E-state index in [0.29, 0.717) is 52.6 Å². The molecule has 0 fully saturated rings. The van der Waals surface area contributed by atoms with Gasteiger partial charge in [0.1, 0.15) is 0 Å². The van der Waals surface area contributed by atoms with Gasteiger partial charge in [-0.15, -0.1) is 10.2 Å². The molecule has 27 heavy (non-hydrogen) atoms. The van der Waals surface area contributed by atoms with Gasteiger partial charge in [-0.3, -0.25) is 9.36 Å². The van der Waals surface area contributed by atoms with Crippen molar-refractivity contribution in [2.45, 2.75) is 44.1 Å². The average molecular weight is 409 g/mol. The van der Waals surface area contributed by atoms with Gasteiger partial charge < -0.3 is 9.15 Å². The summed E-state index contributed by atoms with van der Waals surface area (Å²) in [6, 6.07) is 5.12. The Morgan fingerprint density at radius 3 is 2.89 bits per heavy atom. The van der Waals surface area contributed by atoms with E-state index in [1.807, 2.05) is 13.8 Å². The largest absolute Gasteiger partial charge is 0.424 e. The summed E-state index contributed by atoms with van der Waals surface area (Å²) in [7, 11) is 0. The van der Waals surface area contributed by atoms with E-state index >= 15 is 0 Å². The predicted octanol–water partition coefficient (Wildman–Crippen LogP) is 4.02. The Hall–Kier alpha value is -1.90. The normalized spacial score (nSPS) is 12.6. The van der Waals surface area contributed by atoms with Gasteiger partial charge in [-0.25, -0.2) is 4.98 Å². The highest BCUT2D eigenvalue weighted by Crippen LogP contribution is 2.33. The van der Waals surface area contributed by atoms with Crippen LogP contribution in [0.4, 0.5) is 0 Å². The Bertz CT molecular complexity index is 988. The molecule has 0 aliphatic carbocycles. The van der Waals surface area contributed by atoms with Crippen LogP contribution in [-0.4, -0.2) is 33.0 Å². The van der Waals surface area contributed by atoms with E-state index in [4.69, 9.17) is 20.8 Å². The van der Waals surface area contributed by atoms with Crippen LogP contribution in [0.5, 0.6) is 0 Å². The second kappa shape index (κ2) is 8.86. The number of rotatable bonds is 8. The van der Waals surface area contributed by atoms with Crippen LogP contribution in [0.25, 0.3) is 10.9 Å². The molecule has 1 aromatic carbocycles. The molecule has 1 unspecified atom stereocenters. The quantitative estimate of drug-likeness (QED) is 0.316. The van der Waals surface area contributed by atoms with Gasteiger partial charge in [0, 0.05) is 31.7 Å². The number of hydrogen-bond donors (Lipinski definition) is 0. The SMILES string of the molecule is CCOCCCn1c(SC(C)c2nnc(C)o2)nc2cc(Cl)ccc2c1=O. The lowest BCUT2D eigenvalue weighted by atomic mass is 10.2. The lowest BCUT2D eigenvalue weighted by Gasteiger charge is -2.15. The Balaban J connectivity index is 1.97. The molecule has 0 aliphatic heterocycles. The third-order valence-electron chi connectivity index (χ3n) is 3.93. The van der Waals surface area contributed by atoms with Crippen LogP contribution < -0.4 is 5.56 Å². The second-order valence-corrected chi connectivity index (χ2v) is 7.73. The van der Waals surface area contributed by atoms with Crippen LogP contribution in [0.2, 0.25) is 5.02 Å². The molecule has 0 saturated heterocycles. The van der Waals surface area contributed by atoms with Gasteiger partial charge in [0.2, 0.25) is 11.8 Å². The highest BCUT2D eigenvalue weighted by atomic mass is 35.5. The molecule has 7 nitrogen and oxygen atoms in total. The molecule has 2 aromatic heterocycles. The van der Waals surface area contributed by atoms with E-state index in [2.05, 4.69) is 15.2 Å². The molecule has 0 amide bonds. The predicted molar refractivity (Wildman–Crippen MR) is 105 cm³/mol. The highest BCUT2D eigenvalue weighted by molar-refractivity contribution is 7.99. The number of benzene rings is 1. The van der Waals surface area contributed by atoms with Crippen LogP contribution in [0.3, 0.4) is 0 Å². The van der Waals surface area contributed by atoms with Gasteiger partial charge in [0.25, 0.3) is 5.56 Å². The summed E-state index contributed by atoms with van der Waals surface area (Å²) in [5.74, 6) is 1.00. The lowest BCUT2D eigenvalue weighted by Crippen LogP contribution is -2.24. The number of aryl methyl sites for hydroxylation is 1. The fourth-order valence-corrected chi connectivity index (χ4v) is 3.75. The van der Waals surface area contributed by atoms with Crippen LogP contribution in [-0.2, 0) is 11.3 Å². The molecule has 144 valence electrons. The first-order chi connectivity index (χ1) is 13.0. The standard InChI is InChI=1S/C18H21ClN4O3S/c1-4-25-9-5-8-23-17(24)14-7-6-13(19)10-15(14)20-18(23)27-11(2)16-22-21-12(3)26-16/h6-7,10-11H,4-5,8-9H2,1-3H3. The molecule has 3 rings (SSSR count). The number of hydrogen-bond acceptors (Lipinski definition) is 7. The van der Waals surface area contributed by atoms with Crippen molar-refractivity contribution in [3.63, 3.8) is 0 Å². The zero-order valence-corrected chi connectivity index (χ0v) is 17.0. The minimum absolute atomic E-state index is 0.0930. The molecule has 2 heterocycles. The topological polar surface area (TPSA) is 83.0 Å². The van der Waals surface area contributed by atoms with Crippen molar-refractivity contribution in [1.82, 2.24) is 19.7 Å². The van der Waals surface area contributed by atoms with Crippen LogP contribution in [0, 0.1) is 6.92 Å². The maximum atomic E-state index is 13.0. The van der Waals surface area contributed by atoms with Crippen molar-refractivity contribution in [2.24, 2.45) is 0 Å². The minimum Gasteiger partial charge on any atom is -0.424 e. The zero-order valence-electron chi connectivity index (χ0n) is 15.4. The Kier molecular flexibility index (Phi) is 6.51. The van der Waals surface area contributed by atoms with Crippen molar-refractivity contribution in [1.29, 1.82) is 0 Å². The molecule has 1 atom stereocenters. The maximum absolute atomic E-state index is 13.0. The van der Waals surface area contributed by atoms with E-state index in [9.17, 15) is 4.79 Å². The molecule has 9 heteroatoms. The summed E-state index contributed by atoms with van der Waals surface area (Å²) in [6.45, 7) is 7.39. The summed E-state index contributed by atoms with van der Waals surface area (Å²) in [4.78, 5) is 17.7. The molecular formula is C18H21ClN4O3S. The van der Waals surface area contributed by atoms with Crippen molar-refractivity contribution >= 4 is 34.3 Å². The third kappa shape index (κ3) is 4.69. The van der Waals surface area contributed by atoms with Crippen molar-refractivity contribution in [3.05, 3.63) is 45.4 Å². The van der Waals surface area contributed by atoms with Crippen LogP contribution in [0.1, 0.15) is 37.3 Å². The monoisotopic (exact) mass is 408 g/mol. The fourth-order valence-electron chi connectivity index (χ4n) is 2.61. The summed E-state index contributed by atoms with van der Waals surface area (Å²) >= 11 is 7.49. The van der Waals surface area contributed by atoms with Gasteiger partial charge in [-0.2, -0.15) is 0 Å². The lowest BCUT2D eigenvalue weighted by molar-refractivity contribution is 0.140. The molecule has 0 aliphatic rings. The molecule has 0 N–H and O–H groups in total. The van der Waals surface area contributed by atoms with Crippen LogP contribution in [0.15, 0.2) is 32.6 Å². The highest BCUT2D eigenvalue weighted by Gasteiger charge is 2.19. The second-order valence-electron chi connectivity index (χ2n) is 5.98. The molecule has 0 bridgehead atoms. The van der Waals surface area contributed by atoms with E-state index in [-0.39, 0.29) is 10.8 Å². The Labute approximate surface area is 166 Å². The molecule has 0 radical (unpaired) electrons. The van der Waals surface area contributed by atoms with E-state index in [1.54, 1.807) is 29.7 Å². The maximum Gasteiger partial charge on any atom is 0.262 e. The first-order valence-electron chi connectivity index (χ1n) is 8.74. The summed E-state index contributed by atoms with van der Waals surface area (Å²) < 4.78 is 12.6. The van der Waals surface area contributed by atoms with Gasteiger partial charge >= 0.3 is 0 Å². The molecule has 0 spiro atoms.